The molecule has 1 aromatic heterocycles. The van der Waals surface area contributed by atoms with Crippen LogP contribution in [-0.2, 0) is 6.42 Å². The second-order valence-electron chi connectivity index (χ2n) is 4.30. The van der Waals surface area contributed by atoms with Crippen LogP contribution in [0.2, 0.25) is 0 Å². The third kappa shape index (κ3) is 3.00. The highest BCUT2D eigenvalue weighted by molar-refractivity contribution is 5.61. The molecule has 0 atom stereocenters. The predicted molar refractivity (Wildman–Crippen MR) is 74.3 cm³/mol. The van der Waals surface area contributed by atoms with E-state index in [0.29, 0.717) is 24.5 Å². The van der Waals surface area contributed by atoms with Gasteiger partial charge in [-0.3, -0.25) is 4.79 Å². The highest BCUT2D eigenvalue weighted by Crippen LogP contribution is 2.24. The van der Waals surface area contributed by atoms with Crippen molar-refractivity contribution in [3.8, 4) is 17.0 Å². The first-order chi connectivity index (χ1) is 9.13. The average Bonchev–Trinajstić information content (AvgIpc) is 2.38. The number of hydrogen-bond donors (Lipinski definition) is 2. The largest absolute Gasteiger partial charge is 0.496 e. The van der Waals surface area contributed by atoms with E-state index in [9.17, 15) is 4.79 Å². The smallest absolute Gasteiger partial charge is 0.251 e. The molecule has 2 rings (SSSR count). The monoisotopic (exact) mass is 259 g/mol. The molecule has 19 heavy (non-hydrogen) atoms. The molecule has 0 amide bonds. The van der Waals surface area contributed by atoms with E-state index in [2.05, 4.69) is 9.97 Å². The fourth-order valence-corrected chi connectivity index (χ4v) is 1.95. The van der Waals surface area contributed by atoms with Crippen molar-refractivity contribution in [1.82, 2.24) is 9.97 Å². The molecule has 0 aliphatic rings. The lowest BCUT2D eigenvalue weighted by Gasteiger charge is -2.08. The van der Waals surface area contributed by atoms with E-state index in [1.54, 1.807) is 7.11 Å². The molecule has 0 saturated carbocycles. The molecule has 5 nitrogen and oxygen atoms in total. The summed E-state index contributed by atoms with van der Waals surface area (Å²) in [5, 5.41) is 0. The molecule has 0 bridgehead atoms. The van der Waals surface area contributed by atoms with Crippen molar-refractivity contribution in [2.45, 2.75) is 13.3 Å². The molecule has 3 N–H and O–H groups in total. The molecule has 5 heteroatoms. The van der Waals surface area contributed by atoms with Gasteiger partial charge in [0.2, 0.25) is 0 Å². The lowest BCUT2D eigenvalue weighted by Crippen LogP contribution is -2.14. The van der Waals surface area contributed by atoms with Gasteiger partial charge in [-0.15, -0.1) is 0 Å². The number of ether oxygens (including phenoxy) is 1. The van der Waals surface area contributed by atoms with Gasteiger partial charge in [0, 0.05) is 18.1 Å². The first-order valence-corrected chi connectivity index (χ1v) is 6.09. The zero-order chi connectivity index (χ0) is 13.8. The summed E-state index contributed by atoms with van der Waals surface area (Å²) in [7, 11) is 1.63. The van der Waals surface area contributed by atoms with Crippen LogP contribution in [0.1, 0.15) is 11.4 Å². The van der Waals surface area contributed by atoms with Gasteiger partial charge in [-0.05, 0) is 37.2 Å². The van der Waals surface area contributed by atoms with Crippen LogP contribution in [0.25, 0.3) is 11.3 Å². The third-order valence-corrected chi connectivity index (χ3v) is 2.86. The second kappa shape index (κ2) is 5.67. The fourth-order valence-electron chi connectivity index (χ4n) is 1.95. The first kappa shape index (κ1) is 13.3. The Morgan fingerprint density at radius 2 is 2.16 bits per heavy atom. The summed E-state index contributed by atoms with van der Waals surface area (Å²) in [6, 6.07) is 7.20. The van der Waals surface area contributed by atoms with Crippen LogP contribution in [0.4, 0.5) is 0 Å². The van der Waals surface area contributed by atoms with Crippen molar-refractivity contribution in [1.29, 1.82) is 0 Å². The minimum absolute atomic E-state index is 0.165. The number of nitrogens with one attached hydrogen (secondary N) is 1. The van der Waals surface area contributed by atoms with Crippen LogP contribution in [0.5, 0.6) is 5.75 Å². The Kier molecular flexibility index (Phi) is 3.97. The van der Waals surface area contributed by atoms with Crippen LogP contribution in [-0.4, -0.2) is 23.6 Å². The number of H-pyrrole nitrogens is 1. The van der Waals surface area contributed by atoms with Crippen molar-refractivity contribution >= 4 is 0 Å². The number of benzene rings is 1. The van der Waals surface area contributed by atoms with Crippen molar-refractivity contribution in [2.75, 3.05) is 13.7 Å². The van der Waals surface area contributed by atoms with Crippen molar-refractivity contribution in [2.24, 2.45) is 5.73 Å². The number of rotatable bonds is 4. The van der Waals surface area contributed by atoms with Crippen LogP contribution in [0.3, 0.4) is 0 Å². The quantitative estimate of drug-likeness (QED) is 0.866. The Labute approximate surface area is 111 Å². The van der Waals surface area contributed by atoms with Crippen molar-refractivity contribution < 1.29 is 4.74 Å². The zero-order valence-corrected chi connectivity index (χ0v) is 11.1. The van der Waals surface area contributed by atoms with Gasteiger partial charge in [0.1, 0.15) is 11.6 Å². The van der Waals surface area contributed by atoms with Crippen LogP contribution >= 0.6 is 0 Å². The van der Waals surface area contributed by atoms with E-state index in [1.165, 1.54) is 6.07 Å². The van der Waals surface area contributed by atoms with E-state index in [1.807, 2.05) is 25.1 Å². The average molecular weight is 259 g/mol. The lowest BCUT2D eigenvalue weighted by molar-refractivity contribution is 0.412. The second-order valence-corrected chi connectivity index (χ2v) is 4.30. The van der Waals surface area contributed by atoms with E-state index < -0.39 is 0 Å². The van der Waals surface area contributed by atoms with Gasteiger partial charge in [-0.2, -0.15) is 0 Å². The molecule has 0 spiro atoms. The Morgan fingerprint density at radius 3 is 2.79 bits per heavy atom. The Hall–Kier alpha value is -2.14. The Bertz CT molecular complexity index is 635. The summed E-state index contributed by atoms with van der Waals surface area (Å²) < 4.78 is 5.22. The van der Waals surface area contributed by atoms with Gasteiger partial charge in [-0.25, -0.2) is 4.98 Å². The molecule has 0 unspecified atom stereocenters. The van der Waals surface area contributed by atoms with E-state index in [0.717, 1.165) is 16.9 Å². The van der Waals surface area contributed by atoms with Gasteiger partial charge in [-0.1, -0.05) is 0 Å². The number of nitrogens with zero attached hydrogens (tertiary/aromatic N) is 1. The van der Waals surface area contributed by atoms with Crippen LogP contribution in [0, 0.1) is 6.92 Å². The molecular weight excluding hydrogens is 242 g/mol. The standard InChI is InChI=1S/C14H17N3O2/c1-9-7-10(3-4-12(9)19-2)11-8-14(18)17-13(16-11)5-6-15/h3-4,7-8H,5-6,15H2,1-2H3,(H,16,17,18). The summed E-state index contributed by atoms with van der Waals surface area (Å²) >= 11 is 0. The molecule has 0 fully saturated rings. The molecule has 1 heterocycles. The lowest BCUT2D eigenvalue weighted by atomic mass is 10.1. The van der Waals surface area contributed by atoms with Crippen molar-refractivity contribution in [3.05, 3.63) is 46.0 Å². The molecule has 1 aromatic carbocycles. The van der Waals surface area contributed by atoms with E-state index in [4.69, 9.17) is 10.5 Å². The number of hydrogen-bond acceptors (Lipinski definition) is 4. The Morgan fingerprint density at radius 1 is 1.37 bits per heavy atom. The van der Waals surface area contributed by atoms with Gasteiger partial charge < -0.3 is 15.5 Å². The minimum atomic E-state index is -0.165. The number of methoxy groups -OCH3 is 1. The molecule has 0 radical (unpaired) electrons. The van der Waals surface area contributed by atoms with Crippen LogP contribution < -0.4 is 16.0 Å². The molecule has 0 saturated heterocycles. The van der Waals surface area contributed by atoms with Gasteiger partial charge in [0.15, 0.2) is 0 Å². The van der Waals surface area contributed by atoms with Gasteiger partial charge >= 0.3 is 0 Å². The summed E-state index contributed by atoms with van der Waals surface area (Å²) in [6.45, 7) is 2.41. The van der Waals surface area contributed by atoms with Crippen molar-refractivity contribution in [3.63, 3.8) is 0 Å². The summed E-state index contributed by atoms with van der Waals surface area (Å²) in [5.74, 6) is 1.43. The normalized spacial score (nSPS) is 10.5. The number of aryl methyl sites for hydroxylation is 1. The molecular formula is C14H17N3O2. The molecule has 0 aliphatic carbocycles. The number of aromatic nitrogens is 2. The highest BCUT2D eigenvalue weighted by atomic mass is 16.5. The number of aromatic amines is 1. The first-order valence-electron chi connectivity index (χ1n) is 6.09. The van der Waals surface area contributed by atoms with Gasteiger partial charge in [0.05, 0.1) is 12.8 Å². The zero-order valence-electron chi connectivity index (χ0n) is 11.1. The predicted octanol–water partition coefficient (Wildman–Crippen LogP) is 1.26. The molecule has 100 valence electrons. The van der Waals surface area contributed by atoms with E-state index >= 15 is 0 Å². The number of nitrogens with two attached hydrogens (primary N) is 1. The molecule has 2 aromatic rings. The Balaban J connectivity index is 2.46. The topological polar surface area (TPSA) is 81.0 Å². The van der Waals surface area contributed by atoms with Gasteiger partial charge in [0.25, 0.3) is 5.56 Å². The van der Waals surface area contributed by atoms with E-state index in [-0.39, 0.29) is 5.56 Å². The summed E-state index contributed by atoms with van der Waals surface area (Å²) in [6.07, 6.45) is 0.554. The molecule has 0 aliphatic heterocycles. The maximum Gasteiger partial charge on any atom is 0.251 e. The maximum absolute atomic E-state index is 11.6. The minimum Gasteiger partial charge on any atom is -0.496 e. The maximum atomic E-state index is 11.6. The third-order valence-electron chi connectivity index (χ3n) is 2.86. The van der Waals surface area contributed by atoms with Crippen LogP contribution in [0.15, 0.2) is 29.1 Å². The SMILES string of the molecule is COc1ccc(-c2cc(=O)[nH]c(CCN)n2)cc1C. The summed E-state index contributed by atoms with van der Waals surface area (Å²) in [5.41, 5.74) is 7.86. The fraction of sp³-hybridized carbons (Fsp3) is 0.286. The summed E-state index contributed by atoms with van der Waals surface area (Å²) in [4.78, 5) is 18.7. The highest BCUT2D eigenvalue weighted by Gasteiger charge is 2.06.